The van der Waals surface area contributed by atoms with E-state index in [1.54, 1.807) is 6.92 Å². The zero-order chi connectivity index (χ0) is 32.7. The van der Waals surface area contributed by atoms with Crippen molar-refractivity contribution < 1.29 is 43.7 Å². The van der Waals surface area contributed by atoms with Crippen LogP contribution in [-0.4, -0.2) is 82.0 Å². The Kier molecular flexibility index (Phi) is 8.02. The molecule has 2 saturated carbocycles. The second-order valence-electron chi connectivity index (χ2n) is 13.7. The Labute approximate surface area is 251 Å². The fraction of sp³-hybridized carbons (Fsp3) is 0.625. The van der Waals surface area contributed by atoms with E-state index in [2.05, 4.69) is 0 Å². The number of benzene rings is 1. The van der Waals surface area contributed by atoms with Gasteiger partial charge in [0, 0.05) is 17.9 Å². The van der Waals surface area contributed by atoms with Crippen LogP contribution in [0.3, 0.4) is 0 Å². The molecule has 0 bridgehead atoms. The van der Waals surface area contributed by atoms with E-state index in [0.29, 0.717) is 11.1 Å². The zero-order valence-corrected chi connectivity index (χ0v) is 26.2. The molecule has 0 saturated heterocycles. The van der Waals surface area contributed by atoms with Gasteiger partial charge in [0.15, 0.2) is 34.7 Å². The minimum atomic E-state index is -3.05. The first-order valence-electron chi connectivity index (χ1n) is 14.7. The Balaban J connectivity index is 2.11. The molecule has 1 amide bonds. The summed E-state index contributed by atoms with van der Waals surface area (Å²) < 4.78 is 5.89. The van der Waals surface area contributed by atoms with Gasteiger partial charge < -0.3 is 20.7 Å². The van der Waals surface area contributed by atoms with Gasteiger partial charge in [-0.25, -0.2) is 0 Å². The number of carbonyl (C=O) groups excluding carboxylic acids is 6. The summed E-state index contributed by atoms with van der Waals surface area (Å²) in [4.78, 5) is 83.0. The van der Waals surface area contributed by atoms with Crippen molar-refractivity contribution in [1.82, 2.24) is 4.90 Å². The lowest BCUT2D eigenvalue weighted by Gasteiger charge is -2.56. The van der Waals surface area contributed by atoms with Gasteiger partial charge in [-0.2, -0.15) is 0 Å². The van der Waals surface area contributed by atoms with Crippen molar-refractivity contribution in [2.24, 2.45) is 29.4 Å². The second kappa shape index (κ2) is 10.6. The van der Waals surface area contributed by atoms with E-state index < -0.39 is 87.8 Å². The predicted molar refractivity (Wildman–Crippen MR) is 154 cm³/mol. The first-order chi connectivity index (χ1) is 19.7. The highest BCUT2D eigenvalue weighted by Gasteiger charge is 2.74. The molecule has 1 aromatic rings. The van der Waals surface area contributed by atoms with Crippen molar-refractivity contribution in [3.63, 3.8) is 0 Å². The van der Waals surface area contributed by atoms with Crippen molar-refractivity contribution in [3.8, 4) is 5.75 Å². The van der Waals surface area contributed by atoms with E-state index in [0.717, 1.165) is 5.56 Å². The fourth-order valence-electron chi connectivity index (χ4n) is 7.58. The van der Waals surface area contributed by atoms with Gasteiger partial charge >= 0.3 is 5.97 Å². The summed E-state index contributed by atoms with van der Waals surface area (Å²) in [7, 11) is 2.94. The minimum absolute atomic E-state index is 0.0733. The quantitative estimate of drug-likeness (QED) is 0.334. The molecule has 8 atom stereocenters. The third kappa shape index (κ3) is 4.54. The maximum absolute atomic E-state index is 14.5. The van der Waals surface area contributed by atoms with Crippen LogP contribution in [0.15, 0.2) is 6.07 Å². The summed E-state index contributed by atoms with van der Waals surface area (Å²) in [5, 5.41) is 23.7. The number of aromatic hydroxyl groups is 1. The van der Waals surface area contributed by atoms with Crippen LogP contribution in [0.25, 0.3) is 0 Å². The van der Waals surface area contributed by atoms with Crippen LogP contribution in [0, 0.1) is 23.7 Å². The molecule has 4 N–H and O–H groups in total. The monoisotopic (exact) mass is 598 g/mol. The number of phenols is 1. The van der Waals surface area contributed by atoms with Gasteiger partial charge in [-0.15, -0.1) is 0 Å². The maximum atomic E-state index is 14.5. The van der Waals surface area contributed by atoms with Crippen LogP contribution in [0.2, 0.25) is 0 Å². The molecule has 0 radical (unpaired) electrons. The lowest BCUT2D eigenvalue weighted by atomic mass is 9.49. The molecule has 11 heteroatoms. The van der Waals surface area contributed by atoms with E-state index in [-0.39, 0.29) is 23.7 Å². The number of ketones is 4. The van der Waals surface area contributed by atoms with Crippen molar-refractivity contribution in [3.05, 3.63) is 28.3 Å². The molecule has 2 fully saturated rings. The molecule has 3 unspecified atom stereocenters. The SMILES string of the molecule is CCC(=O)O[C@H]1[C@H]2C(C(=O)c3c(O)c(C(C)(C)C)cc(C(C)C)c3[C@@H]2C)C(=O)[C@]2(O)C(=O)C(C(N)=O)C(=O)C(N(C)C)[C@H]12. The summed E-state index contributed by atoms with van der Waals surface area (Å²) in [6.45, 7) is 12.8. The van der Waals surface area contributed by atoms with Crippen LogP contribution >= 0.6 is 0 Å². The summed E-state index contributed by atoms with van der Waals surface area (Å²) in [6, 6.07) is 0.426. The Morgan fingerprint density at radius 1 is 1.12 bits per heavy atom. The van der Waals surface area contributed by atoms with Crippen molar-refractivity contribution in [1.29, 1.82) is 0 Å². The van der Waals surface area contributed by atoms with Crippen LogP contribution in [-0.2, 0) is 34.1 Å². The number of phenolic OH excluding ortho intramolecular Hbond substituents is 1. The average Bonchev–Trinajstić information content (AvgIpc) is 2.88. The molecule has 4 rings (SSSR count). The van der Waals surface area contributed by atoms with E-state index in [1.807, 2.05) is 40.7 Å². The standard InChI is InChI=1S/C32H42N2O9/c1-10-16(35)43-27-18-13(4)17-14(12(2)3)11-15(31(5,6)7)24(36)19(17)25(37)20(18)28(39)32(42)22(27)23(34(8)9)26(38)21(29(32)40)30(33)41/h11-13,18,20-23,27,36,42H,10H2,1-9H3,(H2,33,41)/t13-,18+,20?,21?,22+,23?,27-,32-/m0/s1. The number of amides is 1. The highest BCUT2D eigenvalue weighted by atomic mass is 16.5. The molecule has 11 nitrogen and oxygen atoms in total. The van der Waals surface area contributed by atoms with Gasteiger partial charge in [-0.1, -0.05) is 54.5 Å². The van der Waals surface area contributed by atoms with Gasteiger partial charge in [0.2, 0.25) is 5.91 Å². The van der Waals surface area contributed by atoms with Gasteiger partial charge in [-0.3, -0.25) is 33.7 Å². The van der Waals surface area contributed by atoms with Crippen LogP contribution in [0.4, 0.5) is 0 Å². The Bertz CT molecular complexity index is 1440. The lowest BCUT2D eigenvalue weighted by Crippen LogP contribution is -2.78. The number of hydrogen-bond donors (Lipinski definition) is 3. The molecule has 0 aliphatic heterocycles. The van der Waals surface area contributed by atoms with Crippen LogP contribution in [0.1, 0.15) is 93.8 Å². The van der Waals surface area contributed by atoms with Gasteiger partial charge in [0.1, 0.15) is 11.9 Å². The van der Waals surface area contributed by atoms with E-state index in [4.69, 9.17) is 10.5 Å². The maximum Gasteiger partial charge on any atom is 0.305 e. The molecule has 43 heavy (non-hydrogen) atoms. The Hall–Kier alpha value is -3.44. The van der Waals surface area contributed by atoms with Gasteiger partial charge in [0.05, 0.1) is 23.4 Å². The normalized spacial score (nSPS) is 32.4. The molecule has 3 aliphatic rings. The highest BCUT2D eigenvalue weighted by molar-refractivity contribution is 6.32. The summed E-state index contributed by atoms with van der Waals surface area (Å²) >= 11 is 0. The number of carbonyl (C=O) groups is 6. The number of primary amides is 1. The third-order valence-electron chi connectivity index (χ3n) is 9.57. The zero-order valence-electron chi connectivity index (χ0n) is 26.2. The number of Topliss-reactive ketones (excluding diaryl/α,β-unsaturated/α-hetero) is 4. The van der Waals surface area contributed by atoms with Crippen molar-refractivity contribution >= 4 is 35.0 Å². The number of nitrogens with two attached hydrogens (primary N) is 1. The number of fused-ring (bicyclic) bond motifs is 3. The second-order valence-corrected chi connectivity index (χ2v) is 13.7. The van der Waals surface area contributed by atoms with E-state index in [9.17, 15) is 39.0 Å². The van der Waals surface area contributed by atoms with E-state index in [1.165, 1.54) is 25.9 Å². The number of rotatable bonds is 5. The number of hydrogen-bond acceptors (Lipinski definition) is 10. The smallest absolute Gasteiger partial charge is 0.305 e. The molecular weight excluding hydrogens is 556 g/mol. The van der Waals surface area contributed by atoms with E-state index >= 15 is 0 Å². The molecule has 3 aliphatic carbocycles. The summed E-state index contributed by atoms with van der Waals surface area (Å²) in [5.41, 5.74) is 3.47. The molecule has 234 valence electrons. The molecule has 0 spiro atoms. The third-order valence-corrected chi connectivity index (χ3v) is 9.57. The first-order valence-corrected chi connectivity index (χ1v) is 14.7. The van der Waals surface area contributed by atoms with Crippen molar-refractivity contribution in [2.75, 3.05) is 14.1 Å². The molecule has 1 aromatic carbocycles. The topological polar surface area (TPSA) is 181 Å². The number of aliphatic hydroxyl groups is 1. The van der Waals surface area contributed by atoms with Crippen LogP contribution in [0.5, 0.6) is 5.75 Å². The number of ether oxygens (including phenoxy) is 1. The predicted octanol–water partition coefficient (Wildman–Crippen LogP) is 1.78. The Morgan fingerprint density at radius 3 is 2.16 bits per heavy atom. The molecule has 0 heterocycles. The summed E-state index contributed by atoms with van der Waals surface area (Å²) in [5.74, 6) is -14.1. The average molecular weight is 599 g/mol. The summed E-state index contributed by atoms with van der Waals surface area (Å²) in [6.07, 6.45) is -1.55. The number of nitrogens with zero attached hydrogens (tertiary/aromatic N) is 1. The number of esters is 1. The first kappa shape index (κ1) is 32.5. The lowest BCUT2D eigenvalue weighted by molar-refractivity contribution is -0.205. The van der Waals surface area contributed by atoms with Crippen molar-refractivity contribution in [2.45, 2.75) is 89.9 Å². The fourth-order valence-corrected chi connectivity index (χ4v) is 7.58. The number of likely N-dealkylation sites (N-methyl/N-ethyl adjacent to an activating group) is 1. The van der Waals surface area contributed by atoms with Crippen LogP contribution < -0.4 is 5.73 Å². The van der Waals surface area contributed by atoms with Gasteiger partial charge in [0.25, 0.3) is 0 Å². The largest absolute Gasteiger partial charge is 0.507 e. The minimum Gasteiger partial charge on any atom is -0.507 e. The molecule has 0 aromatic heterocycles. The van der Waals surface area contributed by atoms with Gasteiger partial charge in [-0.05, 0) is 42.5 Å². The Morgan fingerprint density at radius 2 is 1.70 bits per heavy atom. The highest BCUT2D eigenvalue weighted by Crippen LogP contribution is 2.57. The molecular formula is C32H42N2O9.